The van der Waals surface area contributed by atoms with Crippen molar-refractivity contribution in [3.63, 3.8) is 0 Å². The van der Waals surface area contributed by atoms with Gasteiger partial charge in [0.1, 0.15) is 0 Å². The lowest BCUT2D eigenvalue weighted by Crippen LogP contribution is -2.35. The predicted molar refractivity (Wildman–Crippen MR) is 75.0 cm³/mol. The lowest BCUT2D eigenvalue weighted by atomic mass is 10.3. The average Bonchev–Trinajstić information content (AvgIpc) is 2.64. The minimum Gasteiger partial charge on any atom is -0.362 e. The normalized spacial score (nSPS) is 23.4. The molecule has 1 unspecified atom stereocenters. The van der Waals surface area contributed by atoms with E-state index in [4.69, 9.17) is 11.6 Å². The van der Waals surface area contributed by atoms with Gasteiger partial charge in [-0.05, 0) is 25.5 Å². The molecule has 0 aromatic carbocycles. The monoisotopic (exact) mass is 274 g/mol. The van der Waals surface area contributed by atoms with Gasteiger partial charge in [-0.25, -0.2) is 0 Å². The summed E-state index contributed by atoms with van der Waals surface area (Å²) in [4.78, 5) is 5.88. The summed E-state index contributed by atoms with van der Waals surface area (Å²) < 4.78 is 0.862. The van der Waals surface area contributed by atoms with Gasteiger partial charge in [0, 0.05) is 29.6 Å². The Balaban J connectivity index is 1.80. The van der Waals surface area contributed by atoms with Gasteiger partial charge in [0.25, 0.3) is 0 Å². The largest absolute Gasteiger partial charge is 0.362 e. The molecule has 0 saturated carbocycles. The third-order valence-corrected chi connectivity index (χ3v) is 4.65. The van der Waals surface area contributed by atoms with Gasteiger partial charge in [0.15, 0.2) is 5.17 Å². The molecule has 0 amide bonds. The number of hydrogen-bond acceptors (Lipinski definition) is 3. The second kappa shape index (κ2) is 5.94. The zero-order chi connectivity index (χ0) is 11.4. The highest BCUT2D eigenvalue weighted by Crippen LogP contribution is 2.22. The van der Waals surface area contributed by atoms with Gasteiger partial charge >= 0.3 is 0 Å². The summed E-state index contributed by atoms with van der Waals surface area (Å²) in [5.41, 5.74) is 0. The molecule has 1 aliphatic heterocycles. The molecule has 2 rings (SSSR count). The Bertz CT molecular complexity index is 376. The number of thioether (sulfide) groups is 1. The first kappa shape index (κ1) is 12.3. The highest BCUT2D eigenvalue weighted by atomic mass is 35.5. The highest BCUT2D eigenvalue weighted by Gasteiger charge is 2.12. The minimum atomic E-state index is 0.566. The second-order valence-electron chi connectivity index (χ2n) is 3.83. The lowest BCUT2D eigenvalue weighted by Gasteiger charge is -2.21. The standard InChI is InChI=1S/C11H15ClN2S2/c1-8-5-7-15-11(14-8)13-6-4-9-2-3-10(12)16-9/h2-3,8H,4-7H2,1H3,(H,13,14). The van der Waals surface area contributed by atoms with Gasteiger partial charge in [-0.1, -0.05) is 23.4 Å². The van der Waals surface area contributed by atoms with Gasteiger partial charge in [-0.2, -0.15) is 0 Å². The van der Waals surface area contributed by atoms with E-state index in [1.807, 2.05) is 17.8 Å². The molecule has 1 N–H and O–H groups in total. The van der Waals surface area contributed by atoms with Crippen molar-refractivity contribution in [1.29, 1.82) is 0 Å². The van der Waals surface area contributed by atoms with E-state index in [9.17, 15) is 0 Å². The van der Waals surface area contributed by atoms with Gasteiger partial charge < -0.3 is 5.32 Å². The van der Waals surface area contributed by atoms with E-state index in [2.05, 4.69) is 23.3 Å². The highest BCUT2D eigenvalue weighted by molar-refractivity contribution is 8.13. The SMILES string of the molecule is CC1CCSC(=NCCc2ccc(Cl)s2)N1. The summed E-state index contributed by atoms with van der Waals surface area (Å²) in [6, 6.07) is 4.60. The third kappa shape index (κ3) is 3.68. The Morgan fingerprint density at radius 1 is 1.56 bits per heavy atom. The van der Waals surface area contributed by atoms with E-state index >= 15 is 0 Å². The van der Waals surface area contributed by atoms with Crippen molar-refractivity contribution < 1.29 is 0 Å². The molecule has 2 heterocycles. The molecule has 1 atom stereocenters. The molecular formula is C11H15ClN2S2. The van der Waals surface area contributed by atoms with Crippen LogP contribution in [0, 0.1) is 0 Å². The maximum Gasteiger partial charge on any atom is 0.156 e. The van der Waals surface area contributed by atoms with E-state index in [0.29, 0.717) is 6.04 Å². The van der Waals surface area contributed by atoms with Crippen LogP contribution in [-0.4, -0.2) is 23.5 Å². The van der Waals surface area contributed by atoms with E-state index in [1.165, 1.54) is 17.1 Å². The summed E-state index contributed by atoms with van der Waals surface area (Å²) >= 11 is 9.34. The zero-order valence-corrected chi connectivity index (χ0v) is 11.6. The Morgan fingerprint density at radius 3 is 3.12 bits per heavy atom. The molecule has 1 fully saturated rings. The molecular weight excluding hydrogens is 260 g/mol. The number of amidine groups is 1. The molecule has 0 aliphatic carbocycles. The number of rotatable bonds is 3. The maximum absolute atomic E-state index is 5.87. The van der Waals surface area contributed by atoms with Crippen LogP contribution in [0.1, 0.15) is 18.2 Å². The topological polar surface area (TPSA) is 24.4 Å². The van der Waals surface area contributed by atoms with Crippen molar-refractivity contribution in [3.8, 4) is 0 Å². The number of nitrogens with zero attached hydrogens (tertiary/aromatic N) is 1. The zero-order valence-electron chi connectivity index (χ0n) is 9.20. The summed E-state index contributed by atoms with van der Waals surface area (Å²) in [5, 5.41) is 4.50. The van der Waals surface area contributed by atoms with Crippen LogP contribution in [0.3, 0.4) is 0 Å². The summed E-state index contributed by atoms with van der Waals surface area (Å²) in [5.74, 6) is 1.18. The first-order valence-electron chi connectivity index (χ1n) is 5.42. The minimum absolute atomic E-state index is 0.566. The Hall–Kier alpha value is -0.190. The predicted octanol–water partition coefficient (Wildman–Crippen LogP) is 3.42. The molecule has 2 nitrogen and oxygen atoms in total. The maximum atomic E-state index is 5.87. The van der Waals surface area contributed by atoms with E-state index in [-0.39, 0.29) is 0 Å². The molecule has 16 heavy (non-hydrogen) atoms. The average molecular weight is 275 g/mol. The lowest BCUT2D eigenvalue weighted by molar-refractivity contribution is 0.642. The van der Waals surface area contributed by atoms with Gasteiger partial charge in [-0.3, -0.25) is 4.99 Å². The summed E-state index contributed by atoms with van der Waals surface area (Å²) in [6.07, 6.45) is 2.21. The van der Waals surface area contributed by atoms with Crippen LogP contribution >= 0.6 is 34.7 Å². The fourth-order valence-corrected chi connectivity index (χ4v) is 3.71. The fourth-order valence-electron chi connectivity index (χ4n) is 1.50. The van der Waals surface area contributed by atoms with Gasteiger partial charge in [-0.15, -0.1) is 11.3 Å². The van der Waals surface area contributed by atoms with Gasteiger partial charge in [0.05, 0.1) is 4.34 Å². The molecule has 0 spiro atoms. The van der Waals surface area contributed by atoms with Gasteiger partial charge in [0.2, 0.25) is 0 Å². The Kier molecular flexibility index (Phi) is 4.55. The van der Waals surface area contributed by atoms with Crippen LogP contribution in [0.4, 0.5) is 0 Å². The number of halogens is 1. The van der Waals surface area contributed by atoms with Crippen LogP contribution in [-0.2, 0) is 6.42 Å². The van der Waals surface area contributed by atoms with Crippen molar-refractivity contribution in [3.05, 3.63) is 21.3 Å². The molecule has 0 radical (unpaired) electrons. The number of hydrogen-bond donors (Lipinski definition) is 1. The van der Waals surface area contributed by atoms with E-state index in [0.717, 1.165) is 22.5 Å². The van der Waals surface area contributed by atoms with Crippen LogP contribution < -0.4 is 5.32 Å². The van der Waals surface area contributed by atoms with Crippen molar-refractivity contribution in [2.24, 2.45) is 4.99 Å². The van der Waals surface area contributed by atoms with Crippen LogP contribution in [0.2, 0.25) is 4.34 Å². The quantitative estimate of drug-likeness (QED) is 0.913. The summed E-state index contributed by atoms with van der Waals surface area (Å²) in [6.45, 7) is 3.05. The Labute approximate surface area is 109 Å². The van der Waals surface area contributed by atoms with Crippen molar-refractivity contribution in [2.45, 2.75) is 25.8 Å². The fraction of sp³-hybridized carbons (Fsp3) is 0.545. The third-order valence-electron chi connectivity index (χ3n) is 2.40. The van der Waals surface area contributed by atoms with Crippen LogP contribution in [0.25, 0.3) is 0 Å². The number of nitrogens with one attached hydrogen (secondary N) is 1. The molecule has 1 saturated heterocycles. The van der Waals surface area contributed by atoms with Crippen molar-refractivity contribution in [1.82, 2.24) is 5.32 Å². The molecule has 1 aromatic heterocycles. The number of thiophene rings is 1. The molecule has 1 aliphatic rings. The molecule has 0 bridgehead atoms. The van der Waals surface area contributed by atoms with Crippen LogP contribution in [0.5, 0.6) is 0 Å². The second-order valence-corrected chi connectivity index (χ2v) is 6.71. The Morgan fingerprint density at radius 2 is 2.44 bits per heavy atom. The first-order valence-corrected chi connectivity index (χ1v) is 7.60. The van der Waals surface area contributed by atoms with E-state index < -0.39 is 0 Å². The molecule has 88 valence electrons. The smallest absolute Gasteiger partial charge is 0.156 e. The molecule has 1 aromatic rings. The van der Waals surface area contributed by atoms with Crippen molar-refractivity contribution >= 4 is 39.9 Å². The molecule has 5 heteroatoms. The van der Waals surface area contributed by atoms with Crippen LogP contribution in [0.15, 0.2) is 17.1 Å². The van der Waals surface area contributed by atoms with Crippen molar-refractivity contribution in [2.75, 3.05) is 12.3 Å². The summed E-state index contributed by atoms with van der Waals surface area (Å²) in [7, 11) is 0. The van der Waals surface area contributed by atoms with E-state index in [1.54, 1.807) is 11.3 Å². The number of aliphatic imine (C=N–C) groups is 1. The first-order chi connectivity index (χ1) is 7.74.